The highest BCUT2D eigenvalue weighted by Crippen LogP contribution is 2.26. The number of hydrogen-bond donors (Lipinski definition) is 2. The molecule has 1 saturated heterocycles. The molecule has 7 heteroatoms. The Balaban J connectivity index is 1.82. The van der Waals surface area contributed by atoms with Crippen molar-refractivity contribution in [2.45, 2.75) is 45.6 Å². The Labute approximate surface area is 165 Å². The second-order valence-corrected chi connectivity index (χ2v) is 7.59. The van der Waals surface area contributed by atoms with Gasteiger partial charge in [-0.15, -0.1) is 0 Å². The molecule has 1 aromatic rings. The Morgan fingerprint density at radius 3 is 2.58 bits per heavy atom. The van der Waals surface area contributed by atoms with Gasteiger partial charge in [0.25, 0.3) is 0 Å². The standard InChI is InChI=1S/C19H27Cl2N3O2/c1-3-4-9-22-19(26)14-7-10-24(11-8-14)13(2)18(25)23-17-6-5-15(20)12-16(17)21/h5-6,12-14H,3-4,7-11H2,1-2H3,(H,22,26)(H,23,25)/t13-/m1/s1. The van der Waals surface area contributed by atoms with Gasteiger partial charge >= 0.3 is 0 Å². The summed E-state index contributed by atoms with van der Waals surface area (Å²) in [5.41, 5.74) is 0.554. The summed E-state index contributed by atoms with van der Waals surface area (Å²) in [5, 5.41) is 6.80. The van der Waals surface area contributed by atoms with Gasteiger partial charge in [-0.2, -0.15) is 0 Å². The monoisotopic (exact) mass is 399 g/mol. The largest absolute Gasteiger partial charge is 0.356 e. The van der Waals surface area contributed by atoms with Crippen LogP contribution in [0.15, 0.2) is 18.2 Å². The number of benzene rings is 1. The first-order valence-electron chi connectivity index (χ1n) is 9.20. The predicted molar refractivity (Wildman–Crippen MR) is 107 cm³/mol. The molecule has 0 aromatic heterocycles. The number of anilines is 1. The lowest BCUT2D eigenvalue weighted by molar-refractivity contribution is -0.127. The molecule has 0 radical (unpaired) electrons. The Morgan fingerprint density at radius 1 is 1.27 bits per heavy atom. The van der Waals surface area contributed by atoms with Crippen LogP contribution < -0.4 is 10.6 Å². The summed E-state index contributed by atoms with van der Waals surface area (Å²) in [6, 6.07) is 4.70. The molecule has 2 amide bonds. The van der Waals surface area contributed by atoms with Gasteiger partial charge in [0.1, 0.15) is 0 Å². The molecule has 2 N–H and O–H groups in total. The van der Waals surface area contributed by atoms with Crippen LogP contribution in [0, 0.1) is 5.92 Å². The van der Waals surface area contributed by atoms with Crippen LogP contribution in [0.2, 0.25) is 10.0 Å². The molecular formula is C19H27Cl2N3O2. The topological polar surface area (TPSA) is 61.4 Å². The second-order valence-electron chi connectivity index (χ2n) is 6.74. The minimum atomic E-state index is -0.286. The van der Waals surface area contributed by atoms with Crippen molar-refractivity contribution < 1.29 is 9.59 Å². The van der Waals surface area contributed by atoms with E-state index in [9.17, 15) is 9.59 Å². The van der Waals surface area contributed by atoms with Crippen molar-refractivity contribution in [1.29, 1.82) is 0 Å². The Bertz CT molecular complexity index is 631. The fourth-order valence-electron chi connectivity index (χ4n) is 3.08. The van der Waals surface area contributed by atoms with E-state index in [1.807, 2.05) is 6.92 Å². The van der Waals surface area contributed by atoms with Crippen molar-refractivity contribution in [3.05, 3.63) is 28.2 Å². The maximum atomic E-state index is 12.5. The first-order chi connectivity index (χ1) is 12.4. The number of amides is 2. The molecule has 0 bridgehead atoms. The Hall–Kier alpha value is -1.30. The van der Waals surface area contributed by atoms with Crippen molar-refractivity contribution in [1.82, 2.24) is 10.2 Å². The average molecular weight is 400 g/mol. The van der Waals surface area contributed by atoms with Gasteiger partial charge in [-0.3, -0.25) is 14.5 Å². The van der Waals surface area contributed by atoms with Crippen molar-refractivity contribution in [3.63, 3.8) is 0 Å². The first-order valence-corrected chi connectivity index (χ1v) is 9.95. The number of hydrogen-bond acceptors (Lipinski definition) is 3. The minimum absolute atomic E-state index is 0.0454. The van der Waals surface area contributed by atoms with Crippen LogP contribution in [0.1, 0.15) is 39.5 Å². The molecule has 1 atom stereocenters. The van der Waals surface area contributed by atoms with Crippen LogP contribution >= 0.6 is 23.2 Å². The molecule has 144 valence electrons. The number of halogens is 2. The summed E-state index contributed by atoms with van der Waals surface area (Å²) < 4.78 is 0. The van der Waals surface area contributed by atoms with Crippen LogP contribution in [0.5, 0.6) is 0 Å². The smallest absolute Gasteiger partial charge is 0.241 e. The lowest BCUT2D eigenvalue weighted by atomic mass is 9.95. The van der Waals surface area contributed by atoms with E-state index in [0.717, 1.165) is 45.3 Å². The maximum Gasteiger partial charge on any atom is 0.241 e. The zero-order valence-corrected chi connectivity index (χ0v) is 16.9. The van der Waals surface area contributed by atoms with Gasteiger partial charge in [0.15, 0.2) is 0 Å². The number of carbonyl (C=O) groups is 2. The molecule has 1 heterocycles. The van der Waals surface area contributed by atoms with Crippen molar-refractivity contribution in [2.75, 3.05) is 25.0 Å². The van der Waals surface area contributed by atoms with Crippen LogP contribution in [-0.4, -0.2) is 42.4 Å². The fraction of sp³-hybridized carbons (Fsp3) is 0.579. The Morgan fingerprint density at radius 2 is 1.96 bits per heavy atom. The number of nitrogens with zero attached hydrogens (tertiary/aromatic N) is 1. The molecule has 1 aliphatic rings. The average Bonchev–Trinajstić information content (AvgIpc) is 2.63. The van der Waals surface area contributed by atoms with Crippen molar-refractivity contribution in [2.24, 2.45) is 5.92 Å². The van der Waals surface area contributed by atoms with E-state index >= 15 is 0 Å². The predicted octanol–water partition coefficient (Wildman–Crippen LogP) is 3.95. The highest BCUT2D eigenvalue weighted by molar-refractivity contribution is 6.36. The molecule has 1 aromatic carbocycles. The van der Waals surface area contributed by atoms with E-state index in [1.165, 1.54) is 0 Å². The highest BCUT2D eigenvalue weighted by Gasteiger charge is 2.29. The molecule has 2 rings (SSSR count). The van der Waals surface area contributed by atoms with Crippen LogP contribution in [0.25, 0.3) is 0 Å². The molecule has 1 aliphatic heterocycles. The van der Waals surface area contributed by atoms with E-state index < -0.39 is 0 Å². The van der Waals surface area contributed by atoms with E-state index in [1.54, 1.807) is 18.2 Å². The lowest BCUT2D eigenvalue weighted by Gasteiger charge is -2.34. The third kappa shape index (κ3) is 5.86. The summed E-state index contributed by atoms with van der Waals surface area (Å²) >= 11 is 12.0. The van der Waals surface area contributed by atoms with Crippen LogP contribution in [0.3, 0.4) is 0 Å². The van der Waals surface area contributed by atoms with Crippen molar-refractivity contribution >= 4 is 40.7 Å². The van der Waals surface area contributed by atoms with E-state index in [4.69, 9.17) is 23.2 Å². The van der Waals surface area contributed by atoms with Gasteiger partial charge in [-0.05, 0) is 57.5 Å². The fourth-order valence-corrected chi connectivity index (χ4v) is 3.53. The van der Waals surface area contributed by atoms with E-state index in [0.29, 0.717) is 15.7 Å². The molecule has 0 spiro atoms. The highest BCUT2D eigenvalue weighted by atomic mass is 35.5. The lowest BCUT2D eigenvalue weighted by Crippen LogP contribution is -2.48. The maximum absolute atomic E-state index is 12.5. The molecule has 0 unspecified atom stereocenters. The van der Waals surface area contributed by atoms with E-state index in [-0.39, 0.29) is 23.8 Å². The summed E-state index contributed by atoms with van der Waals surface area (Å²) in [7, 11) is 0. The number of piperidine rings is 1. The van der Waals surface area contributed by atoms with Gasteiger partial charge in [-0.1, -0.05) is 36.5 Å². The van der Waals surface area contributed by atoms with E-state index in [2.05, 4.69) is 22.5 Å². The van der Waals surface area contributed by atoms with Gasteiger partial charge in [0, 0.05) is 17.5 Å². The third-order valence-electron chi connectivity index (χ3n) is 4.85. The van der Waals surface area contributed by atoms with Crippen LogP contribution in [0.4, 0.5) is 5.69 Å². The quantitative estimate of drug-likeness (QED) is 0.682. The Kier molecular flexibility index (Phi) is 8.19. The van der Waals surface area contributed by atoms with Crippen LogP contribution in [-0.2, 0) is 9.59 Å². The number of nitrogens with one attached hydrogen (secondary N) is 2. The van der Waals surface area contributed by atoms with Gasteiger partial charge in [0.2, 0.25) is 11.8 Å². The number of rotatable bonds is 7. The molecular weight excluding hydrogens is 373 g/mol. The van der Waals surface area contributed by atoms with Crippen molar-refractivity contribution in [3.8, 4) is 0 Å². The van der Waals surface area contributed by atoms with Gasteiger partial charge in [-0.25, -0.2) is 0 Å². The SMILES string of the molecule is CCCCNC(=O)C1CCN([C@H](C)C(=O)Nc2ccc(Cl)cc2Cl)CC1. The summed E-state index contributed by atoms with van der Waals surface area (Å²) in [6.07, 6.45) is 3.63. The number of likely N-dealkylation sites (tertiary alicyclic amines) is 1. The molecule has 0 saturated carbocycles. The zero-order valence-electron chi connectivity index (χ0n) is 15.4. The molecule has 5 nitrogen and oxygen atoms in total. The minimum Gasteiger partial charge on any atom is -0.356 e. The normalized spacial score (nSPS) is 16.9. The van der Waals surface area contributed by atoms with Gasteiger partial charge in [0.05, 0.1) is 16.8 Å². The zero-order chi connectivity index (χ0) is 19.1. The first kappa shape index (κ1) is 21.0. The number of carbonyl (C=O) groups excluding carboxylic acids is 2. The van der Waals surface area contributed by atoms with Gasteiger partial charge < -0.3 is 10.6 Å². The third-order valence-corrected chi connectivity index (χ3v) is 5.39. The molecule has 1 fully saturated rings. The molecule has 0 aliphatic carbocycles. The number of unbranched alkanes of at least 4 members (excludes halogenated alkanes) is 1. The molecule has 26 heavy (non-hydrogen) atoms. The summed E-state index contributed by atoms with van der Waals surface area (Å²) in [6.45, 7) is 6.19. The summed E-state index contributed by atoms with van der Waals surface area (Å²) in [5.74, 6) is 0.0762. The second kappa shape index (κ2) is 10.1. The summed E-state index contributed by atoms with van der Waals surface area (Å²) in [4.78, 5) is 26.8.